The van der Waals surface area contributed by atoms with E-state index in [0.29, 0.717) is 23.2 Å². The van der Waals surface area contributed by atoms with Crippen LogP contribution in [0.1, 0.15) is 18.5 Å². The van der Waals surface area contributed by atoms with Crippen LogP contribution in [0.2, 0.25) is 0 Å². The zero-order valence-electron chi connectivity index (χ0n) is 11.2. The highest BCUT2D eigenvalue weighted by molar-refractivity contribution is 7.90. The van der Waals surface area contributed by atoms with Crippen LogP contribution in [0.5, 0.6) is 0 Å². The number of oxazole rings is 1. The zero-order valence-corrected chi connectivity index (χ0v) is 12.0. The summed E-state index contributed by atoms with van der Waals surface area (Å²) in [5.41, 5.74) is 1.69. The van der Waals surface area contributed by atoms with Gasteiger partial charge in [-0.2, -0.15) is 0 Å². The molecule has 1 saturated carbocycles. The maximum absolute atomic E-state index is 11.4. The van der Waals surface area contributed by atoms with Crippen LogP contribution in [-0.2, 0) is 16.4 Å². The lowest BCUT2D eigenvalue weighted by atomic mass is 10.1. The second-order valence-corrected chi connectivity index (χ2v) is 7.10. The molecule has 0 unspecified atom stereocenters. The smallest absolute Gasteiger partial charge is 0.181 e. The second-order valence-electron chi connectivity index (χ2n) is 5.08. The molecule has 1 N–H and O–H groups in total. The van der Waals surface area contributed by atoms with Gasteiger partial charge in [0.25, 0.3) is 0 Å². The van der Waals surface area contributed by atoms with E-state index >= 15 is 0 Å². The minimum absolute atomic E-state index is 0.304. The number of hydrogen-bond donors (Lipinski definition) is 1. The first-order valence-electron chi connectivity index (χ1n) is 6.50. The molecule has 0 atom stereocenters. The Morgan fingerprint density at radius 2 is 2.00 bits per heavy atom. The zero-order chi connectivity index (χ0) is 14.2. The Morgan fingerprint density at radius 3 is 2.60 bits per heavy atom. The summed E-state index contributed by atoms with van der Waals surface area (Å²) in [5, 5.41) is 3.39. The first-order chi connectivity index (χ1) is 9.54. The van der Waals surface area contributed by atoms with Gasteiger partial charge in [0.15, 0.2) is 22.0 Å². The maximum Gasteiger partial charge on any atom is 0.181 e. The average Bonchev–Trinajstić information content (AvgIpc) is 3.12. The molecule has 0 radical (unpaired) electrons. The fourth-order valence-electron chi connectivity index (χ4n) is 2.01. The van der Waals surface area contributed by atoms with Gasteiger partial charge >= 0.3 is 0 Å². The molecule has 5 nitrogen and oxygen atoms in total. The Kier molecular flexibility index (Phi) is 3.35. The third-order valence-electron chi connectivity index (χ3n) is 3.32. The Balaban J connectivity index is 1.83. The van der Waals surface area contributed by atoms with Crippen LogP contribution in [-0.4, -0.2) is 25.7 Å². The minimum Gasteiger partial charge on any atom is -0.443 e. The Bertz CT molecular complexity index is 700. The van der Waals surface area contributed by atoms with E-state index in [1.807, 2.05) is 0 Å². The van der Waals surface area contributed by atoms with Crippen LogP contribution < -0.4 is 5.32 Å². The van der Waals surface area contributed by atoms with Gasteiger partial charge in [0.1, 0.15) is 5.69 Å². The summed E-state index contributed by atoms with van der Waals surface area (Å²) in [7, 11) is -3.17. The first kappa shape index (κ1) is 13.3. The molecule has 1 fully saturated rings. The van der Waals surface area contributed by atoms with Crippen molar-refractivity contribution in [2.75, 3.05) is 6.26 Å². The van der Waals surface area contributed by atoms with Crippen molar-refractivity contribution in [2.45, 2.75) is 30.3 Å². The molecule has 0 aliphatic heterocycles. The van der Waals surface area contributed by atoms with Crippen molar-refractivity contribution in [3.63, 3.8) is 0 Å². The van der Waals surface area contributed by atoms with E-state index < -0.39 is 9.84 Å². The fourth-order valence-corrected chi connectivity index (χ4v) is 2.64. The molecule has 1 aliphatic rings. The molecule has 106 valence electrons. The quantitative estimate of drug-likeness (QED) is 0.912. The number of hydrogen-bond acceptors (Lipinski definition) is 5. The number of aromatic nitrogens is 1. The topological polar surface area (TPSA) is 72.2 Å². The van der Waals surface area contributed by atoms with E-state index in [1.165, 1.54) is 25.5 Å². The summed E-state index contributed by atoms with van der Waals surface area (Å²) >= 11 is 0. The van der Waals surface area contributed by atoms with E-state index in [4.69, 9.17) is 4.42 Å². The van der Waals surface area contributed by atoms with Gasteiger partial charge in [0.05, 0.1) is 4.90 Å². The molecule has 1 heterocycles. The molecule has 0 spiro atoms. The summed E-state index contributed by atoms with van der Waals surface area (Å²) < 4.78 is 28.3. The van der Waals surface area contributed by atoms with Crippen LogP contribution in [0.4, 0.5) is 0 Å². The second kappa shape index (κ2) is 5.03. The third kappa shape index (κ3) is 2.91. The van der Waals surface area contributed by atoms with Crippen LogP contribution in [0.3, 0.4) is 0 Å². The van der Waals surface area contributed by atoms with Gasteiger partial charge in [0, 0.05) is 24.4 Å². The summed E-state index contributed by atoms with van der Waals surface area (Å²) in [6.07, 6.45) is 5.05. The number of rotatable bonds is 5. The maximum atomic E-state index is 11.4. The number of sulfone groups is 1. The minimum atomic E-state index is -3.17. The molecule has 6 heteroatoms. The Labute approximate surface area is 117 Å². The average molecular weight is 292 g/mol. The van der Waals surface area contributed by atoms with Gasteiger partial charge < -0.3 is 9.73 Å². The lowest BCUT2D eigenvalue weighted by Crippen LogP contribution is -2.15. The molecule has 0 bridgehead atoms. The highest BCUT2D eigenvalue weighted by Gasteiger charge is 2.21. The van der Waals surface area contributed by atoms with Crippen molar-refractivity contribution in [2.24, 2.45) is 0 Å². The van der Waals surface area contributed by atoms with Gasteiger partial charge in [-0.1, -0.05) is 0 Å². The van der Waals surface area contributed by atoms with Crippen molar-refractivity contribution in [1.29, 1.82) is 0 Å². The highest BCUT2D eigenvalue weighted by atomic mass is 32.2. The van der Waals surface area contributed by atoms with Crippen LogP contribution in [0.25, 0.3) is 11.3 Å². The fraction of sp³-hybridized carbons (Fsp3) is 0.357. The molecule has 2 aromatic rings. The van der Waals surface area contributed by atoms with Crippen LogP contribution >= 0.6 is 0 Å². The molecular formula is C14H16N2O3S. The van der Waals surface area contributed by atoms with Gasteiger partial charge in [-0.3, -0.25) is 0 Å². The third-order valence-corrected chi connectivity index (χ3v) is 4.45. The molecule has 1 aromatic carbocycles. The summed E-state index contributed by atoms with van der Waals surface area (Å²) in [4.78, 5) is 4.52. The predicted octanol–water partition coefficient (Wildman–Crippen LogP) is 2.00. The van der Waals surface area contributed by atoms with Crippen molar-refractivity contribution in [1.82, 2.24) is 10.3 Å². The number of benzene rings is 1. The lowest BCUT2D eigenvalue weighted by molar-refractivity contribution is 0.569. The van der Waals surface area contributed by atoms with E-state index in [-0.39, 0.29) is 0 Å². The number of nitrogens with one attached hydrogen (secondary N) is 1. The lowest BCUT2D eigenvalue weighted by Gasteiger charge is -2.04. The Morgan fingerprint density at radius 1 is 1.30 bits per heavy atom. The molecular weight excluding hydrogens is 276 g/mol. The molecule has 20 heavy (non-hydrogen) atoms. The van der Waals surface area contributed by atoms with Gasteiger partial charge in [-0.15, -0.1) is 0 Å². The SMILES string of the molecule is CS(=O)(=O)c1ccc(-c2ocnc2CNC2CC2)cc1. The van der Waals surface area contributed by atoms with Crippen molar-refractivity contribution in [3.8, 4) is 11.3 Å². The largest absolute Gasteiger partial charge is 0.443 e. The van der Waals surface area contributed by atoms with Crippen molar-refractivity contribution in [3.05, 3.63) is 36.4 Å². The summed E-state index contributed by atoms with van der Waals surface area (Å²) in [6.45, 7) is 0.671. The van der Waals surface area contributed by atoms with Gasteiger partial charge in [-0.05, 0) is 37.1 Å². The van der Waals surface area contributed by atoms with Gasteiger partial charge in [-0.25, -0.2) is 13.4 Å². The van der Waals surface area contributed by atoms with Crippen molar-refractivity contribution >= 4 is 9.84 Å². The monoisotopic (exact) mass is 292 g/mol. The predicted molar refractivity (Wildman–Crippen MR) is 74.9 cm³/mol. The van der Waals surface area contributed by atoms with E-state index in [1.54, 1.807) is 24.3 Å². The Hall–Kier alpha value is -1.66. The van der Waals surface area contributed by atoms with Crippen LogP contribution in [0.15, 0.2) is 40.0 Å². The van der Waals surface area contributed by atoms with E-state index in [0.717, 1.165) is 11.3 Å². The first-order valence-corrected chi connectivity index (χ1v) is 8.39. The summed E-state index contributed by atoms with van der Waals surface area (Å²) in [5.74, 6) is 0.693. The number of nitrogens with zero attached hydrogens (tertiary/aromatic N) is 1. The van der Waals surface area contributed by atoms with Gasteiger partial charge in [0.2, 0.25) is 0 Å². The summed E-state index contributed by atoms with van der Waals surface area (Å²) in [6, 6.07) is 7.28. The van der Waals surface area contributed by atoms with Crippen LogP contribution in [0, 0.1) is 0 Å². The molecule has 0 amide bonds. The van der Waals surface area contributed by atoms with E-state index in [2.05, 4.69) is 10.3 Å². The highest BCUT2D eigenvalue weighted by Crippen LogP contribution is 2.26. The standard InChI is InChI=1S/C14H16N2O3S/c1-20(17,18)12-6-2-10(3-7-12)14-13(16-9-19-14)8-15-11-4-5-11/h2-3,6-7,9,11,15H,4-5,8H2,1H3. The van der Waals surface area contributed by atoms with E-state index in [9.17, 15) is 8.42 Å². The molecule has 1 aromatic heterocycles. The van der Waals surface area contributed by atoms with Crippen molar-refractivity contribution < 1.29 is 12.8 Å². The molecule has 0 saturated heterocycles. The molecule has 1 aliphatic carbocycles. The normalized spacial score (nSPS) is 15.4. The molecule has 3 rings (SSSR count).